The Balaban J connectivity index is 1.85. The topological polar surface area (TPSA) is 117 Å². The largest absolute Gasteiger partial charge is 0.453 e. The molecule has 182 valence electrons. The zero-order valence-corrected chi connectivity index (χ0v) is 19.9. The number of primary sulfonamides is 1. The third kappa shape index (κ3) is 4.68. The first-order chi connectivity index (χ1) is 16.0. The minimum atomic E-state index is -4.22. The normalized spacial score (nSPS) is 16.8. The van der Waals surface area contributed by atoms with Gasteiger partial charge in [-0.2, -0.15) is 0 Å². The van der Waals surface area contributed by atoms with E-state index in [1.807, 2.05) is 0 Å². The van der Waals surface area contributed by atoms with Crippen LogP contribution in [-0.2, 0) is 26.0 Å². The average Bonchev–Trinajstić information content (AvgIpc) is 3.09. The summed E-state index contributed by atoms with van der Waals surface area (Å²) in [5.74, 6) is -1.74. The smallest absolute Gasteiger partial charge is 0.409 e. The third-order valence-electron chi connectivity index (χ3n) is 5.32. The second kappa shape index (κ2) is 9.27. The number of carbonyl (C=O) groups is 1. The Morgan fingerprint density at radius 1 is 1.24 bits per heavy atom. The van der Waals surface area contributed by atoms with Crippen LogP contribution in [0.4, 0.5) is 13.6 Å². The van der Waals surface area contributed by atoms with Crippen molar-refractivity contribution in [2.75, 3.05) is 26.8 Å². The molecule has 0 unspecified atom stereocenters. The van der Waals surface area contributed by atoms with Gasteiger partial charge < -0.3 is 18.9 Å². The van der Waals surface area contributed by atoms with Gasteiger partial charge in [-0.05, 0) is 18.2 Å². The molecule has 1 amide bonds. The monoisotopic (exact) mass is 534 g/mol. The Hall–Kier alpha value is -2.51. The van der Waals surface area contributed by atoms with Gasteiger partial charge in [0.1, 0.15) is 17.5 Å². The zero-order chi connectivity index (χ0) is 24.8. The van der Waals surface area contributed by atoms with E-state index in [4.69, 9.17) is 37.8 Å². The molecule has 9 nitrogen and oxygen atoms in total. The van der Waals surface area contributed by atoms with Crippen LogP contribution >= 0.6 is 23.2 Å². The summed E-state index contributed by atoms with van der Waals surface area (Å²) in [6, 6.07) is 4.14. The van der Waals surface area contributed by atoms with Gasteiger partial charge in [0.05, 0.1) is 64.4 Å². The van der Waals surface area contributed by atoms with Gasteiger partial charge in [-0.1, -0.05) is 23.2 Å². The van der Waals surface area contributed by atoms with E-state index in [0.29, 0.717) is 6.54 Å². The summed E-state index contributed by atoms with van der Waals surface area (Å²) in [7, 11) is -2.96. The predicted octanol–water partition coefficient (Wildman–Crippen LogP) is 3.40. The number of halogens is 4. The summed E-state index contributed by atoms with van der Waals surface area (Å²) < 4.78 is 64.7. The van der Waals surface area contributed by atoms with Crippen molar-refractivity contribution in [1.29, 1.82) is 0 Å². The van der Waals surface area contributed by atoms with Crippen LogP contribution < -0.4 is 5.14 Å². The van der Waals surface area contributed by atoms with Crippen LogP contribution in [-0.4, -0.2) is 61.9 Å². The standard InChI is InChI=1S/C20H18Cl2F2N4O5S/c1-32-20(29)27-2-3-33-10(8-27)9-28-17-7-14(23)12(21)6-16(17)26-19(28)18-13(22)4-11(5-15(18)24)34(25,30)31/h4-7,10H,2-3,8-9H2,1H3,(H2,25,30,31)/t10-/m1/s1. The molecule has 0 saturated carbocycles. The Morgan fingerprint density at radius 2 is 1.97 bits per heavy atom. The molecule has 3 aromatic rings. The van der Waals surface area contributed by atoms with E-state index in [1.165, 1.54) is 22.6 Å². The number of hydrogen-bond acceptors (Lipinski definition) is 6. The van der Waals surface area contributed by atoms with Gasteiger partial charge in [-0.15, -0.1) is 0 Å². The first-order valence-electron chi connectivity index (χ1n) is 9.81. The molecule has 1 saturated heterocycles. The lowest BCUT2D eigenvalue weighted by Gasteiger charge is -2.32. The number of benzene rings is 2. The van der Waals surface area contributed by atoms with Crippen molar-refractivity contribution >= 4 is 50.4 Å². The summed E-state index contributed by atoms with van der Waals surface area (Å²) in [5, 5.41) is 4.63. The van der Waals surface area contributed by atoms with E-state index >= 15 is 4.39 Å². The Morgan fingerprint density at radius 3 is 2.62 bits per heavy atom. The number of imidazole rings is 1. The number of nitrogens with zero attached hydrogens (tertiary/aromatic N) is 3. The molecule has 0 bridgehead atoms. The fraction of sp³-hybridized carbons (Fsp3) is 0.300. The number of sulfonamides is 1. The molecule has 0 radical (unpaired) electrons. The number of amides is 1. The second-order valence-electron chi connectivity index (χ2n) is 7.52. The highest BCUT2D eigenvalue weighted by atomic mass is 35.5. The SMILES string of the molecule is COC(=O)N1CCO[C@@H](Cn2c(-c3c(F)cc(S(N)(=O)=O)cc3Cl)nc3cc(Cl)c(F)cc32)C1. The Kier molecular flexibility index (Phi) is 6.71. The lowest BCUT2D eigenvalue weighted by atomic mass is 10.2. The summed E-state index contributed by atoms with van der Waals surface area (Å²) in [4.78, 5) is 17.2. The first kappa shape index (κ1) is 24.6. The maximum Gasteiger partial charge on any atom is 0.409 e. The molecule has 2 N–H and O–H groups in total. The van der Waals surface area contributed by atoms with E-state index in [1.54, 1.807) is 0 Å². The number of carbonyl (C=O) groups excluding carboxylic acids is 1. The molecule has 0 aliphatic carbocycles. The molecule has 1 aliphatic heterocycles. The number of fused-ring (bicyclic) bond motifs is 1. The highest BCUT2D eigenvalue weighted by Gasteiger charge is 2.28. The molecule has 1 aliphatic rings. The van der Waals surface area contributed by atoms with Crippen LogP contribution in [0, 0.1) is 11.6 Å². The van der Waals surface area contributed by atoms with Crippen LogP contribution in [0.1, 0.15) is 0 Å². The van der Waals surface area contributed by atoms with Crippen molar-refractivity contribution in [3.05, 3.63) is 45.9 Å². The average molecular weight is 535 g/mol. The molecular formula is C20H18Cl2F2N4O5S. The minimum absolute atomic E-state index is 0.0149. The maximum atomic E-state index is 15.1. The molecule has 1 aromatic heterocycles. The van der Waals surface area contributed by atoms with Gasteiger partial charge in [-0.25, -0.2) is 32.1 Å². The molecule has 2 heterocycles. The first-order valence-corrected chi connectivity index (χ1v) is 12.1. The van der Waals surface area contributed by atoms with Crippen molar-refractivity contribution in [3.8, 4) is 11.4 Å². The summed E-state index contributed by atoms with van der Waals surface area (Å²) >= 11 is 12.2. The number of ether oxygens (including phenoxy) is 2. The summed E-state index contributed by atoms with van der Waals surface area (Å²) in [5.41, 5.74) is 0.289. The fourth-order valence-electron chi connectivity index (χ4n) is 3.75. The number of nitrogens with two attached hydrogens (primary N) is 1. The molecule has 2 aromatic carbocycles. The van der Waals surface area contributed by atoms with Crippen LogP contribution in [0.15, 0.2) is 29.2 Å². The Labute approximate surface area is 203 Å². The van der Waals surface area contributed by atoms with E-state index in [0.717, 1.165) is 18.2 Å². The van der Waals surface area contributed by atoms with E-state index in [2.05, 4.69) is 4.98 Å². The third-order valence-corrected chi connectivity index (χ3v) is 6.80. The highest BCUT2D eigenvalue weighted by Crippen LogP contribution is 2.36. The molecule has 1 atom stereocenters. The number of hydrogen-bond donors (Lipinski definition) is 1. The quantitative estimate of drug-likeness (QED) is 0.548. The van der Waals surface area contributed by atoms with Gasteiger partial charge in [0.15, 0.2) is 0 Å². The van der Waals surface area contributed by atoms with Gasteiger partial charge in [0.25, 0.3) is 0 Å². The zero-order valence-electron chi connectivity index (χ0n) is 17.6. The fourth-order valence-corrected chi connectivity index (χ4v) is 4.82. The lowest BCUT2D eigenvalue weighted by Crippen LogP contribution is -2.47. The lowest BCUT2D eigenvalue weighted by molar-refractivity contribution is -0.0310. The highest BCUT2D eigenvalue weighted by molar-refractivity contribution is 7.89. The van der Waals surface area contributed by atoms with Crippen LogP contribution in [0.5, 0.6) is 0 Å². The van der Waals surface area contributed by atoms with Crippen molar-refractivity contribution in [1.82, 2.24) is 14.5 Å². The minimum Gasteiger partial charge on any atom is -0.453 e. The van der Waals surface area contributed by atoms with Crippen LogP contribution in [0.25, 0.3) is 22.4 Å². The van der Waals surface area contributed by atoms with Crippen LogP contribution in [0.2, 0.25) is 10.0 Å². The van der Waals surface area contributed by atoms with Crippen LogP contribution in [0.3, 0.4) is 0 Å². The number of morpholine rings is 1. The van der Waals surface area contributed by atoms with Gasteiger partial charge >= 0.3 is 6.09 Å². The summed E-state index contributed by atoms with van der Waals surface area (Å²) in [6.07, 6.45) is -1.11. The van der Waals surface area contributed by atoms with Gasteiger partial charge in [-0.3, -0.25) is 0 Å². The second-order valence-corrected chi connectivity index (χ2v) is 9.89. The predicted molar refractivity (Wildman–Crippen MR) is 120 cm³/mol. The van der Waals surface area contributed by atoms with E-state index in [-0.39, 0.29) is 52.2 Å². The van der Waals surface area contributed by atoms with E-state index in [9.17, 15) is 17.6 Å². The Bertz CT molecular complexity index is 1380. The van der Waals surface area contributed by atoms with Crippen molar-refractivity contribution in [3.63, 3.8) is 0 Å². The number of rotatable bonds is 4. The molecule has 4 rings (SSSR count). The van der Waals surface area contributed by atoms with Crippen molar-refractivity contribution < 1.29 is 31.5 Å². The maximum absolute atomic E-state index is 15.1. The van der Waals surface area contributed by atoms with Crippen molar-refractivity contribution in [2.45, 2.75) is 17.5 Å². The van der Waals surface area contributed by atoms with Crippen molar-refractivity contribution in [2.24, 2.45) is 5.14 Å². The molecule has 34 heavy (non-hydrogen) atoms. The van der Waals surface area contributed by atoms with Gasteiger partial charge in [0.2, 0.25) is 10.0 Å². The summed E-state index contributed by atoms with van der Waals surface area (Å²) in [6.45, 7) is 0.732. The molecule has 0 spiro atoms. The molecule has 1 fully saturated rings. The number of methoxy groups -OCH3 is 1. The number of aromatic nitrogens is 2. The van der Waals surface area contributed by atoms with Gasteiger partial charge in [0, 0.05) is 12.6 Å². The molecule has 14 heteroatoms. The van der Waals surface area contributed by atoms with E-state index < -0.39 is 38.8 Å². The molecular weight excluding hydrogens is 517 g/mol.